The maximum absolute atomic E-state index is 14.6. The molecular formula is C28H35F4N5O2. The molecule has 0 bridgehead atoms. The van der Waals surface area contributed by atoms with E-state index in [1.54, 1.807) is 11.8 Å². The summed E-state index contributed by atoms with van der Waals surface area (Å²) in [5.41, 5.74) is -0.784. The van der Waals surface area contributed by atoms with E-state index < -0.39 is 29.1 Å². The molecule has 1 aromatic carbocycles. The minimum atomic E-state index is -4.81. The molecule has 11 heteroatoms. The third-order valence-corrected chi connectivity index (χ3v) is 8.44. The largest absolute Gasteiger partial charge is 0.419 e. The summed E-state index contributed by atoms with van der Waals surface area (Å²) in [4.78, 5) is 26.6. The molecule has 2 saturated heterocycles. The van der Waals surface area contributed by atoms with Gasteiger partial charge in [-0.3, -0.25) is 4.79 Å². The lowest BCUT2D eigenvalue weighted by molar-refractivity contribution is -0.140. The number of rotatable bonds is 4. The monoisotopic (exact) mass is 549 g/mol. The Bertz CT molecular complexity index is 1260. The molecule has 1 amide bonds. The number of fused-ring (bicyclic) bond motifs is 1. The van der Waals surface area contributed by atoms with Gasteiger partial charge in [-0.1, -0.05) is 13.0 Å². The van der Waals surface area contributed by atoms with Gasteiger partial charge in [0, 0.05) is 43.3 Å². The summed E-state index contributed by atoms with van der Waals surface area (Å²) >= 11 is 0. The maximum atomic E-state index is 14.6. The molecule has 2 aromatic rings. The second-order valence-corrected chi connectivity index (χ2v) is 12.0. The van der Waals surface area contributed by atoms with Crippen molar-refractivity contribution in [2.75, 3.05) is 31.1 Å². The Labute approximate surface area is 225 Å². The number of benzene rings is 1. The van der Waals surface area contributed by atoms with Gasteiger partial charge in [0.15, 0.2) is 0 Å². The molecule has 3 heterocycles. The fourth-order valence-electron chi connectivity index (χ4n) is 6.57. The highest BCUT2D eigenvalue weighted by Gasteiger charge is 2.44. The van der Waals surface area contributed by atoms with Gasteiger partial charge in [0.2, 0.25) is 5.91 Å². The Morgan fingerprint density at radius 3 is 2.44 bits per heavy atom. The lowest BCUT2D eigenvalue weighted by Crippen LogP contribution is -2.53. The highest BCUT2D eigenvalue weighted by molar-refractivity contribution is 5.85. The molecule has 3 aliphatic rings. The Kier molecular flexibility index (Phi) is 6.90. The second kappa shape index (κ2) is 9.69. The van der Waals surface area contributed by atoms with Crippen LogP contribution in [0.2, 0.25) is 0 Å². The molecule has 4 atom stereocenters. The van der Waals surface area contributed by atoms with E-state index >= 15 is 0 Å². The van der Waals surface area contributed by atoms with Crippen molar-refractivity contribution in [2.24, 2.45) is 0 Å². The number of carbonyl (C=O) groups excluding carboxylic acids is 1. The molecule has 0 spiro atoms. The van der Waals surface area contributed by atoms with Crippen molar-refractivity contribution in [1.29, 1.82) is 0 Å². The number of amides is 1. The van der Waals surface area contributed by atoms with Crippen molar-refractivity contribution in [2.45, 2.75) is 82.2 Å². The van der Waals surface area contributed by atoms with E-state index in [0.717, 1.165) is 29.9 Å². The molecular weight excluding hydrogens is 514 g/mol. The lowest BCUT2D eigenvalue weighted by Gasteiger charge is -2.39. The standard InChI is InChI=1S/C28H35F4N5O2/c1-16-14-27(4,39)23-21(16)24(34-15-33-23)36-9-11-37(12-10-36)25(38)22(20-7-8-26(2,3)35-20)17-5-6-18(19(29)13-17)28(30,31)32/h5-6,13,15-16,20,22,35,39H,7-12,14H2,1-4H3/t16-,20?,22?,27-/m1/s1. The number of carbonyl (C=O) groups is 1. The van der Waals surface area contributed by atoms with Gasteiger partial charge in [0.05, 0.1) is 17.2 Å². The highest BCUT2D eigenvalue weighted by atomic mass is 19.4. The molecule has 1 aliphatic carbocycles. The van der Waals surface area contributed by atoms with Gasteiger partial charge in [0.25, 0.3) is 0 Å². The van der Waals surface area contributed by atoms with E-state index in [4.69, 9.17) is 0 Å². The molecule has 2 unspecified atom stereocenters. The Morgan fingerprint density at radius 2 is 1.85 bits per heavy atom. The SMILES string of the molecule is C[C@@H]1C[C@@](C)(O)c2ncnc(N3CCN(C(=O)C(c4ccc(C(F)(F)F)c(F)c4)C4CCC(C)(C)N4)CC3)c21. The quantitative estimate of drug-likeness (QED) is 0.554. The van der Waals surface area contributed by atoms with Gasteiger partial charge < -0.3 is 20.2 Å². The van der Waals surface area contributed by atoms with Crippen LogP contribution in [0.5, 0.6) is 0 Å². The number of piperazine rings is 1. The topological polar surface area (TPSA) is 81.6 Å². The van der Waals surface area contributed by atoms with Crippen molar-refractivity contribution in [1.82, 2.24) is 20.2 Å². The van der Waals surface area contributed by atoms with Crippen molar-refractivity contribution in [3.63, 3.8) is 0 Å². The van der Waals surface area contributed by atoms with Crippen LogP contribution >= 0.6 is 0 Å². The fraction of sp³-hybridized carbons (Fsp3) is 0.607. The zero-order valence-corrected chi connectivity index (χ0v) is 22.6. The van der Waals surface area contributed by atoms with Gasteiger partial charge in [0.1, 0.15) is 23.6 Å². The number of anilines is 1. The van der Waals surface area contributed by atoms with Crippen LogP contribution in [0.1, 0.15) is 81.2 Å². The summed E-state index contributed by atoms with van der Waals surface area (Å²) < 4.78 is 54.2. The summed E-state index contributed by atoms with van der Waals surface area (Å²) in [6.45, 7) is 9.60. The predicted octanol–water partition coefficient (Wildman–Crippen LogP) is 4.31. The fourth-order valence-corrected chi connectivity index (χ4v) is 6.57. The van der Waals surface area contributed by atoms with E-state index in [1.807, 2.05) is 20.8 Å². The number of hydrogen-bond acceptors (Lipinski definition) is 6. The number of nitrogens with one attached hydrogen (secondary N) is 1. The van der Waals surface area contributed by atoms with E-state index in [1.165, 1.54) is 12.4 Å². The zero-order chi connectivity index (χ0) is 28.3. The average molecular weight is 550 g/mol. The smallest absolute Gasteiger partial charge is 0.384 e. The number of aromatic nitrogens is 2. The Morgan fingerprint density at radius 1 is 1.15 bits per heavy atom. The van der Waals surface area contributed by atoms with Gasteiger partial charge in [-0.05, 0) is 63.6 Å². The van der Waals surface area contributed by atoms with Gasteiger partial charge in [-0.2, -0.15) is 13.2 Å². The predicted molar refractivity (Wildman–Crippen MR) is 138 cm³/mol. The van der Waals surface area contributed by atoms with E-state index in [2.05, 4.69) is 20.2 Å². The maximum Gasteiger partial charge on any atom is 0.419 e. The van der Waals surface area contributed by atoms with Crippen LogP contribution in [-0.4, -0.2) is 63.6 Å². The molecule has 212 valence electrons. The summed E-state index contributed by atoms with van der Waals surface area (Å²) in [5, 5.41) is 14.2. The first-order chi connectivity index (χ1) is 18.2. The number of hydrogen-bond donors (Lipinski definition) is 2. The Balaban J connectivity index is 1.38. The Hall–Kier alpha value is -2.79. The minimum Gasteiger partial charge on any atom is -0.384 e. The molecule has 1 aromatic heterocycles. The number of aliphatic hydroxyl groups is 1. The van der Waals surface area contributed by atoms with Crippen molar-refractivity contribution in [3.8, 4) is 0 Å². The van der Waals surface area contributed by atoms with Crippen molar-refractivity contribution < 1.29 is 27.5 Å². The molecule has 2 fully saturated rings. The lowest BCUT2D eigenvalue weighted by atomic mass is 9.88. The first-order valence-electron chi connectivity index (χ1n) is 13.4. The normalized spacial score (nSPS) is 27.5. The van der Waals surface area contributed by atoms with E-state index in [0.29, 0.717) is 44.7 Å². The van der Waals surface area contributed by atoms with Crippen LogP contribution in [0.25, 0.3) is 0 Å². The van der Waals surface area contributed by atoms with Crippen LogP contribution in [-0.2, 0) is 16.6 Å². The number of alkyl halides is 3. The van der Waals surface area contributed by atoms with Crippen LogP contribution < -0.4 is 10.2 Å². The average Bonchev–Trinajstić information content (AvgIpc) is 3.33. The zero-order valence-electron chi connectivity index (χ0n) is 22.6. The first-order valence-corrected chi connectivity index (χ1v) is 13.4. The second-order valence-electron chi connectivity index (χ2n) is 12.0. The summed E-state index contributed by atoms with van der Waals surface area (Å²) in [5.74, 6) is -1.57. The summed E-state index contributed by atoms with van der Waals surface area (Å²) in [6, 6.07) is 2.51. The molecule has 2 N–H and O–H groups in total. The summed E-state index contributed by atoms with van der Waals surface area (Å²) in [7, 11) is 0. The van der Waals surface area contributed by atoms with Crippen LogP contribution in [0.3, 0.4) is 0 Å². The van der Waals surface area contributed by atoms with Crippen LogP contribution in [0.15, 0.2) is 24.5 Å². The van der Waals surface area contributed by atoms with Crippen LogP contribution in [0.4, 0.5) is 23.4 Å². The molecule has 0 radical (unpaired) electrons. The van der Waals surface area contributed by atoms with Gasteiger partial charge in [-0.25, -0.2) is 14.4 Å². The van der Waals surface area contributed by atoms with Crippen molar-refractivity contribution in [3.05, 3.63) is 52.7 Å². The minimum absolute atomic E-state index is 0.0848. The molecule has 39 heavy (non-hydrogen) atoms. The third kappa shape index (κ3) is 5.23. The molecule has 7 nitrogen and oxygen atoms in total. The first kappa shape index (κ1) is 27.8. The van der Waals surface area contributed by atoms with Crippen LogP contribution in [0, 0.1) is 5.82 Å². The van der Waals surface area contributed by atoms with Gasteiger partial charge >= 0.3 is 6.18 Å². The third-order valence-electron chi connectivity index (χ3n) is 8.44. The van der Waals surface area contributed by atoms with Gasteiger partial charge in [-0.15, -0.1) is 0 Å². The number of halogens is 4. The molecule has 5 rings (SSSR count). The van der Waals surface area contributed by atoms with E-state index in [9.17, 15) is 27.5 Å². The highest BCUT2D eigenvalue weighted by Crippen LogP contribution is 2.46. The molecule has 0 saturated carbocycles. The number of nitrogens with zero attached hydrogens (tertiary/aromatic N) is 4. The summed E-state index contributed by atoms with van der Waals surface area (Å²) in [6.07, 6.45) is -1.35. The van der Waals surface area contributed by atoms with Crippen molar-refractivity contribution >= 4 is 11.7 Å². The van der Waals surface area contributed by atoms with E-state index in [-0.39, 0.29) is 29.0 Å². The molecule has 2 aliphatic heterocycles.